The summed E-state index contributed by atoms with van der Waals surface area (Å²) in [6.07, 6.45) is 0. The lowest BCUT2D eigenvalue weighted by Crippen LogP contribution is -2.14. The minimum absolute atomic E-state index is 0.315. The van der Waals surface area contributed by atoms with Crippen LogP contribution in [0.1, 0.15) is 17.2 Å². The average Bonchev–Trinajstić information content (AvgIpc) is 2.66. The zero-order chi connectivity index (χ0) is 18.4. The first kappa shape index (κ1) is 18.4. The molecule has 26 heavy (non-hydrogen) atoms. The molecule has 0 aliphatic heterocycles. The molecule has 0 saturated heterocycles. The van der Waals surface area contributed by atoms with Crippen molar-refractivity contribution in [2.45, 2.75) is 17.5 Å². The Morgan fingerprint density at radius 3 is 2.50 bits per heavy atom. The Labute approximate surface area is 156 Å². The Balaban J connectivity index is 1.58. The second-order valence-corrected chi connectivity index (χ2v) is 6.93. The van der Waals surface area contributed by atoms with Crippen molar-refractivity contribution < 1.29 is 13.5 Å². The predicted octanol–water partition coefficient (Wildman–Crippen LogP) is 5.34. The molecule has 3 aromatic carbocycles. The van der Waals surface area contributed by atoms with E-state index in [1.807, 2.05) is 54.6 Å². The average molecular weight is 371 g/mol. The SMILES string of the molecule is NC(CSc1cccc(OCc2ccccc2)c1)c1ccc(F)cc1F. The van der Waals surface area contributed by atoms with Crippen LogP contribution >= 0.6 is 11.8 Å². The van der Waals surface area contributed by atoms with Gasteiger partial charge in [-0.05, 0) is 29.8 Å². The molecule has 0 aromatic heterocycles. The Morgan fingerprint density at radius 1 is 0.923 bits per heavy atom. The summed E-state index contributed by atoms with van der Waals surface area (Å²) in [6, 6.07) is 20.6. The highest BCUT2D eigenvalue weighted by Crippen LogP contribution is 2.28. The first-order chi connectivity index (χ1) is 12.6. The summed E-state index contributed by atoms with van der Waals surface area (Å²) in [5.74, 6) is 0.0258. The molecule has 2 N–H and O–H groups in total. The van der Waals surface area contributed by atoms with Crippen molar-refractivity contribution in [3.63, 3.8) is 0 Å². The summed E-state index contributed by atoms with van der Waals surface area (Å²) in [4.78, 5) is 0.980. The Hall–Kier alpha value is -2.37. The molecule has 0 saturated carbocycles. The zero-order valence-corrected chi connectivity index (χ0v) is 14.9. The van der Waals surface area contributed by atoms with E-state index >= 15 is 0 Å². The summed E-state index contributed by atoms with van der Waals surface area (Å²) in [5.41, 5.74) is 7.46. The van der Waals surface area contributed by atoms with Gasteiger partial charge in [-0.25, -0.2) is 8.78 Å². The Kier molecular flexibility index (Phi) is 6.26. The van der Waals surface area contributed by atoms with Gasteiger partial charge in [0.05, 0.1) is 0 Å². The quantitative estimate of drug-likeness (QED) is 0.570. The lowest BCUT2D eigenvalue weighted by atomic mass is 10.1. The lowest BCUT2D eigenvalue weighted by molar-refractivity contribution is 0.305. The van der Waals surface area contributed by atoms with Gasteiger partial charge in [-0.15, -0.1) is 11.8 Å². The fraction of sp³-hybridized carbons (Fsp3) is 0.143. The van der Waals surface area contributed by atoms with Gasteiger partial charge in [0.2, 0.25) is 0 Å². The molecule has 0 amide bonds. The van der Waals surface area contributed by atoms with Crippen LogP contribution in [-0.2, 0) is 6.61 Å². The minimum atomic E-state index is -0.613. The number of halogens is 2. The fourth-order valence-corrected chi connectivity index (χ4v) is 3.40. The third-order valence-corrected chi connectivity index (χ3v) is 4.96. The van der Waals surface area contributed by atoms with Gasteiger partial charge in [-0.2, -0.15) is 0 Å². The molecule has 3 rings (SSSR count). The molecule has 134 valence electrons. The first-order valence-electron chi connectivity index (χ1n) is 8.22. The maximum Gasteiger partial charge on any atom is 0.130 e. The summed E-state index contributed by atoms with van der Waals surface area (Å²) in [6.45, 7) is 0.495. The van der Waals surface area contributed by atoms with Gasteiger partial charge in [0.25, 0.3) is 0 Å². The fourth-order valence-electron chi connectivity index (χ4n) is 2.47. The highest BCUT2D eigenvalue weighted by molar-refractivity contribution is 7.99. The Bertz CT molecular complexity index is 858. The molecule has 2 nitrogen and oxygen atoms in total. The second-order valence-electron chi connectivity index (χ2n) is 5.83. The number of hydrogen-bond acceptors (Lipinski definition) is 3. The molecular formula is C21H19F2NOS. The maximum absolute atomic E-state index is 13.8. The van der Waals surface area contributed by atoms with E-state index in [9.17, 15) is 8.78 Å². The van der Waals surface area contributed by atoms with Crippen LogP contribution in [0.5, 0.6) is 5.75 Å². The van der Waals surface area contributed by atoms with Crippen LogP contribution in [0.3, 0.4) is 0 Å². The lowest BCUT2D eigenvalue weighted by Gasteiger charge is -2.13. The molecule has 0 fully saturated rings. The van der Waals surface area contributed by atoms with Crippen LogP contribution < -0.4 is 10.5 Å². The maximum atomic E-state index is 13.8. The zero-order valence-electron chi connectivity index (χ0n) is 14.1. The third kappa shape index (κ3) is 5.07. The molecular weight excluding hydrogens is 352 g/mol. The van der Waals surface area contributed by atoms with Gasteiger partial charge in [-0.1, -0.05) is 42.5 Å². The van der Waals surface area contributed by atoms with E-state index < -0.39 is 17.7 Å². The molecule has 0 aliphatic rings. The molecule has 0 aliphatic carbocycles. The molecule has 1 unspecified atom stereocenters. The highest BCUT2D eigenvalue weighted by Gasteiger charge is 2.13. The number of hydrogen-bond donors (Lipinski definition) is 1. The summed E-state index contributed by atoms with van der Waals surface area (Å²) in [7, 11) is 0. The Morgan fingerprint density at radius 2 is 1.73 bits per heavy atom. The van der Waals surface area contributed by atoms with E-state index in [-0.39, 0.29) is 0 Å². The number of benzene rings is 3. The van der Waals surface area contributed by atoms with E-state index in [4.69, 9.17) is 10.5 Å². The third-order valence-electron chi connectivity index (χ3n) is 3.85. The van der Waals surface area contributed by atoms with Crippen molar-refractivity contribution in [1.29, 1.82) is 0 Å². The van der Waals surface area contributed by atoms with E-state index in [0.29, 0.717) is 17.9 Å². The van der Waals surface area contributed by atoms with E-state index in [2.05, 4.69) is 0 Å². The van der Waals surface area contributed by atoms with Gasteiger partial charge in [0.1, 0.15) is 24.0 Å². The van der Waals surface area contributed by atoms with Gasteiger partial charge < -0.3 is 10.5 Å². The summed E-state index contributed by atoms with van der Waals surface area (Å²) in [5, 5.41) is 0. The van der Waals surface area contributed by atoms with Gasteiger partial charge >= 0.3 is 0 Å². The summed E-state index contributed by atoms with van der Waals surface area (Å²) >= 11 is 1.51. The van der Waals surface area contributed by atoms with Crippen molar-refractivity contribution in [2.75, 3.05) is 5.75 Å². The van der Waals surface area contributed by atoms with Crippen LogP contribution in [0.15, 0.2) is 77.7 Å². The number of nitrogens with two attached hydrogens (primary N) is 1. The van der Waals surface area contributed by atoms with Crippen molar-refractivity contribution >= 4 is 11.8 Å². The number of thioether (sulfide) groups is 1. The molecule has 1 atom stereocenters. The van der Waals surface area contributed by atoms with Crippen LogP contribution in [-0.4, -0.2) is 5.75 Å². The monoisotopic (exact) mass is 371 g/mol. The molecule has 3 aromatic rings. The minimum Gasteiger partial charge on any atom is -0.489 e. The van der Waals surface area contributed by atoms with Crippen molar-refractivity contribution in [2.24, 2.45) is 5.73 Å². The second kappa shape index (κ2) is 8.83. The summed E-state index contributed by atoms with van der Waals surface area (Å²) < 4.78 is 32.6. The van der Waals surface area contributed by atoms with Gasteiger partial charge in [0.15, 0.2) is 0 Å². The van der Waals surface area contributed by atoms with Crippen LogP contribution in [0.2, 0.25) is 0 Å². The van der Waals surface area contributed by atoms with Gasteiger partial charge in [-0.3, -0.25) is 0 Å². The predicted molar refractivity (Wildman–Crippen MR) is 101 cm³/mol. The van der Waals surface area contributed by atoms with Gasteiger partial charge in [0, 0.05) is 28.3 Å². The first-order valence-corrected chi connectivity index (χ1v) is 9.20. The van der Waals surface area contributed by atoms with Crippen molar-refractivity contribution in [1.82, 2.24) is 0 Å². The molecule has 0 radical (unpaired) electrons. The molecule has 0 heterocycles. The molecule has 5 heteroatoms. The van der Waals surface area contributed by atoms with Crippen LogP contribution in [0, 0.1) is 11.6 Å². The highest BCUT2D eigenvalue weighted by atomic mass is 32.2. The van der Waals surface area contributed by atoms with E-state index in [1.165, 1.54) is 23.9 Å². The topological polar surface area (TPSA) is 35.2 Å². The van der Waals surface area contributed by atoms with Crippen LogP contribution in [0.4, 0.5) is 8.78 Å². The standard InChI is InChI=1S/C21H19F2NOS/c22-16-9-10-19(20(23)11-16)21(24)14-26-18-8-4-7-17(12-18)25-13-15-5-2-1-3-6-15/h1-12,21H,13-14,24H2. The van der Waals surface area contributed by atoms with Crippen molar-refractivity contribution in [3.8, 4) is 5.75 Å². The number of ether oxygens (including phenoxy) is 1. The smallest absolute Gasteiger partial charge is 0.130 e. The normalized spacial score (nSPS) is 12.0. The molecule has 0 bridgehead atoms. The van der Waals surface area contributed by atoms with Crippen LogP contribution in [0.25, 0.3) is 0 Å². The molecule has 0 spiro atoms. The largest absolute Gasteiger partial charge is 0.489 e. The van der Waals surface area contributed by atoms with E-state index in [0.717, 1.165) is 22.3 Å². The van der Waals surface area contributed by atoms with E-state index in [1.54, 1.807) is 0 Å². The van der Waals surface area contributed by atoms with Crippen molar-refractivity contribution in [3.05, 3.63) is 95.6 Å². The number of rotatable bonds is 7.